The van der Waals surface area contributed by atoms with Gasteiger partial charge in [0.1, 0.15) is 11.5 Å². The van der Waals surface area contributed by atoms with Crippen LogP contribution in [0.3, 0.4) is 0 Å². The van der Waals surface area contributed by atoms with Gasteiger partial charge in [-0.2, -0.15) is 5.10 Å². The fourth-order valence-corrected chi connectivity index (χ4v) is 4.13. The average Bonchev–Trinajstić information content (AvgIpc) is 3.30. The summed E-state index contributed by atoms with van der Waals surface area (Å²) in [6.45, 7) is 4.68. The molecule has 0 radical (unpaired) electrons. The maximum atomic E-state index is 6.00. The number of rotatable bonds is 8. The Hall–Kier alpha value is -3.94. The van der Waals surface area contributed by atoms with Gasteiger partial charge in [-0.15, -0.1) is 0 Å². The van der Waals surface area contributed by atoms with Crippen molar-refractivity contribution in [2.75, 3.05) is 20.8 Å². The van der Waals surface area contributed by atoms with Crippen molar-refractivity contribution in [1.29, 1.82) is 0 Å². The number of hydrogen-bond donors (Lipinski definition) is 4. The van der Waals surface area contributed by atoms with E-state index in [1.807, 2.05) is 36.4 Å². The molecule has 5 N–H and O–H groups in total. The molecule has 4 rings (SSSR count). The highest BCUT2D eigenvalue weighted by Crippen LogP contribution is 2.27. The Kier molecular flexibility index (Phi) is 6.53. The quantitative estimate of drug-likeness (QED) is 0.186. The summed E-state index contributed by atoms with van der Waals surface area (Å²) in [7, 11) is 3.35. The van der Waals surface area contributed by atoms with Crippen LogP contribution in [0.5, 0.6) is 11.5 Å². The number of aryl methyl sites for hydroxylation is 2. The molecule has 0 fully saturated rings. The van der Waals surface area contributed by atoms with Crippen LogP contribution in [0.15, 0.2) is 46.5 Å². The Morgan fingerprint density at radius 1 is 0.939 bits per heavy atom. The van der Waals surface area contributed by atoms with Crippen LogP contribution >= 0.6 is 0 Å². The van der Waals surface area contributed by atoms with E-state index in [0.717, 1.165) is 51.1 Å². The Morgan fingerprint density at radius 2 is 1.52 bits per heavy atom. The van der Waals surface area contributed by atoms with Crippen molar-refractivity contribution in [2.24, 2.45) is 15.8 Å². The predicted octanol–water partition coefficient (Wildman–Crippen LogP) is 3.96. The summed E-state index contributed by atoms with van der Waals surface area (Å²) in [5.41, 5.74) is 15.6. The number of methoxy groups -OCH3 is 2. The van der Waals surface area contributed by atoms with Crippen LogP contribution < -0.4 is 20.6 Å². The molecular weight excluding hydrogens is 416 g/mol. The van der Waals surface area contributed by atoms with Gasteiger partial charge in [-0.05, 0) is 67.8 Å². The van der Waals surface area contributed by atoms with Crippen molar-refractivity contribution in [3.8, 4) is 11.5 Å². The van der Waals surface area contributed by atoms with Crippen LogP contribution in [0.1, 0.15) is 22.5 Å². The molecule has 2 aromatic carbocycles. The largest absolute Gasteiger partial charge is 0.497 e. The molecule has 172 valence electrons. The van der Waals surface area contributed by atoms with Gasteiger partial charge in [0.2, 0.25) is 5.96 Å². The van der Waals surface area contributed by atoms with Crippen LogP contribution in [0.25, 0.3) is 21.8 Å². The minimum atomic E-state index is 0.290. The number of fused-ring (bicyclic) bond motifs is 2. The maximum Gasteiger partial charge on any atom is 0.209 e. The normalized spacial score (nSPS) is 12.2. The number of aromatic nitrogens is 2. The number of guanidine groups is 1. The van der Waals surface area contributed by atoms with Gasteiger partial charge < -0.3 is 25.2 Å². The van der Waals surface area contributed by atoms with Crippen LogP contribution in [-0.4, -0.2) is 42.9 Å². The van der Waals surface area contributed by atoms with E-state index in [-0.39, 0.29) is 0 Å². The molecule has 0 aliphatic carbocycles. The maximum absolute atomic E-state index is 6.00. The molecule has 0 aliphatic heterocycles. The first-order chi connectivity index (χ1) is 16.0. The minimum Gasteiger partial charge on any atom is -0.497 e. The summed E-state index contributed by atoms with van der Waals surface area (Å²) in [6, 6.07) is 12.0. The molecule has 0 unspecified atom stereocenters. The van der Waals surface area contributed by atoms with E-state index in [9.17, 15) is 0 Å². The molecule has 4 aromatic rings. The number of nitrogens with two attached hydrogens (primary N) is 1. The summed E-state index contributed by atoms with van der Waals surface area (Å²) >= 11 is 0. The Morgan fingerprint density at radius 3 is 2.12 bits per heavy atom. The van der Waals surface area contributed by atoms with E-state index >= 15 is 0 Å². The molecule has 2 aromatic heterocycles. The van der Waals surface area contributed by atoms with Crippen LogP contribution in [-0.2, 0) is 12.8 Å². The molecule has 0 saturated carbocycles. The molecule has 0 aliphatic rings. The zero-order valence-corrected chi connectivity index (χ0v) is 19.5. The molecular formula is C25H30N6O2. The molecule has 2 heterocycles. The van der Waals surface area contributed by atoms with Crippen molar-refractivity contribution in [3.05, 3.63) is 58.9 Å². The number of aliphatic imine (C=N–C) groups is 1. The highest BCUT2D eigenvalue weighted by Gasteiger charge is 2.10. The number of H-pyrrole nitrogens is 2. The number of ether oxygens (including phenoxy) is 2. The summed E-state index contributed by atoms with van der Waals surface area (Å²) in [6.07, 6.45) is 3.23. The summed E-state index contributed by atoms with van der Waals surface area (Å²) in [5, 5.41) is 6.52. The van der Waals surface area contributed by atoms with E-state index < -0.39 is 0 Å². The predicted molar refractivity (Wildman–Crippen MR) is 135 cm³/mol. The number of hydrogen-bond acceptors (Lipinski definition) is 4. The van der Waals surface area contributed by atoms with E-state index in [4.69, 9.17) is 15.2 Å². The van der Waals surface area contributed by atoms with Gasteiger partial charge in [-0.1, -0.05) is 0 Å². The van der Waals surface area contributed by atoms with Gasteiger partial charge in [0.25, 0.3) is 0 Å². The number of aromatic amines is 2. The molecule has 0 amide bonds. The standard InChI is InChI=1S/C25H30N6O2/c1-15-19(21-13-17(32-3)5-7-23(21)29-15)9-11-27-25(26)31-28-12-10-20-16(2)30-24-8-6-18(33-4)14-22(20)24/h5-8,12-14,29-30H,9-11H2,1-4H3,(H3,26,27,31). The van der Waals surface area contributed by atoms with Gasteiger partial charge in [-0.25, -0.2) is 5.43 Å². The topological polar surface area (TPSA) is 113 Å². The monoisotopic (exact) mass is 446 g/mol. The Balaban J connectivity index is 1.36. The third-order valence-electron chi connectivity index (χ3n) is 5.86. The van der Waals surface area contributed by atoms with Gasteiger partial charge in [0.15, 0.2) is 0 Å². The first-order valence-corrected chi connectivity index (χ1v) is 10.9. The second-order valence-electron chi connectivity index (χ2n) is 7.92. The van der Waals surface area contributed by atoms with E-state index in [1.54, 1.807) is 20.4 Å². The fraction of sp³-hybridized carbons (Fsp3) is 0.280. The van der Waals surface area contributed by atoms with E-state index in [1.165, 1.54) is 11.1 Å². The molecule has 33 heavy (non-hydrogen) atoms. The molecule has 0 bridgehead atoms. The van der Waals surface area contributed by atoms with Gasteiger partial charge in [0.05, 0.1) is 14.2 Å². The van der Waals surface area contributed by atoms with Crippen molar-refractivity contribution >= 4 is 34.0 Å². The number of hydrazone groups is 1. The van der Waals surface area contributed by atoms with Crippen LogP contribution in [0.4, 0.5) is 0 Å². The first kappa shape index (κ1) is 22.3. The molecule has 8 heteroatoms. The van der Waals surface area contributed by atoms with Gasteiger partial charge in [0, 0.05) is 52.4 Å². The summed E-state index contributed by atoms with van der Waals surface area (Å²) in [5.74, 6) is 1.96. The Labute approximate surface area is 192 Å². The van der Waals surface area contributed by atoms with E-state index in [0.29, 0.717) is 18.9 Å². The lowest BCUT2D eigenvalue weighted by atomic mass is 10.1. The number of benzene rings is 2. The second-order valence-corrected chi connectivity index (χ2v) is 7.92. The van der Waals surface area contributed by atoms with E-state index in [2.05, 4.69) is 39.3 Å². The molecule has 0 spiro atoms. The van der Waals surface area contributed by atoms with Crippen molar-refractivity contribution in [2.45, 2.75) is 26.7 Å². The van der Waals surface area contributed by atoms with Crippen LogP contribution in [0.2, 0.25) is 0 Å². The zero-order chi connectivity index (χ0) is 23.4. The number of nitrogens with zero attached hydrogens (tertiary/aromatic N) is 2. The number of nitrogens with one attached hydrogen (secondary N) is 3. The lowest BCUT2D eigenvalue weighted by Crippen LogP contribution is -2.27. The van der Waals surface area contributed by atoms with Crippen LogP contribution in [0, 0.1) is 13.8 Å². The lowest BCUT2D eigenvalue weighted by Gasteiger charge is -2.03. The van der Waals surface area contributed by atoms with Gasteiger partial charge in [-0.3, -0.25) is 4.99 Å². The average molecular weight is 447 g/mol. The first-order valence-electron chi connectivity index (χ1n) is 10.9. The minimum absolute atomic E-state index is 0.290. The summed E-state index contributed by atoms with van der Waals surface area (Å²) in [4.78, 5) is 11.2. The lowest BCUT2D eigenvalue weighted by molar-refractivity contribution is 0.415. The third kappa shape index (κ3) is 4.79. The Bertz CT molecular complexity index is 1330. The van der Waals surface area contributed by atoms with Crippen molar-refractivity contribution < 1.29 is 9.47 Å². The van der Waals surface area contributed by atoms with Crippen molar-refractivity contribution in [3.63, 3.8) is 0 Å². The second kappa shape index (κ2) is 9.68. The zero-order valence-electron chi connectivity index (χ0n) is 19.5. The molecule has 0 atom stereocenters. The SMILES string of the molecule is COc1ccc2[nH]c(C)c(CC=NNC(N)=NCCc3c(C)[nH]c4ccc(OC)cc34)c2c1. The highest BCUT2D eigenvalue weighted by molar-refractivity contribution is 5.89. The molecule has 8 nitrogen and oxygen atoms in total. The molecule has 0 saturated heterocycles. The summed E-state index contributed by atoms with van der Waals surface area (Å²) < 4.78 is 10.7. The van der Waals surface area contributed by atoms with Crippen molar-refractivity contribution in [1.82, 2.24) is 15.4 Å². The smallest absolute Gasteiger partial charge is 0.209 e. The highest BCUT2D eigenvalue weighted by atomic mass is 16.5. The fourth-order valence-electron chi connectivity index (χ4n) is 4.13. The van der Waals surface area contributed by atoms with Gasteiger partial charge >= 0.3 is 0 Å². The third-order valence-corrected chi connectivity index (χ3v) is 5.86.